The summed E-state index contributed by atoms with van der Waals surface area (Å²) in [5, 5.41) is 15.2. The largest absolute Gasteiger partial charge is 0.467 e. The topological polar surface area (TPSA) is 106 Å². The van der Waals surface area contributed by atoms with Crippen molar-refractivity contribution in [1.29, 1.82) is 0 Å². The standard InChI is InChI=1S/C43H44N2O6S/c1-29-39(28-52-37-17-7-4-8-18-37)50-42(51-40(29)33-21-19-31(27-46)20-22-33)36-16-10-15-35(25-36)34-14-9-13-32(23-34)26-44-43(48)45-38(41(47)49-2)24-30-11-5-3-6-12-30/h3-23,25,29,38-40,42,46H,24,26-28H2,1-2H3,(H2,44,45,48). The zero-order chi connectivity index (χ0) is 36.3. The first-order valence-corrected chi connectivity index (χ1v) is 18.4. The first-order valence-electron chi connectivity index (χ1n) is 17.4. The summed E-state index contributed by atoms with van der Waals surface area (Å²) in [7, 11) is 1.31. The second kappa shape index (κ2) is 18.0. The molecule has 1 heterocycles. The Morgan fingerprint density at radius 3 is 2.15 bits per heavy atom. The number of aliphatic hydroxyl groups is 1. The number of carbonyl (C=O) groups is 2. The van der Waals surface area contributed by atoms with Crippen LogP contribution in [0.3, 0.4) is 0 Å². The highest BCUT2D eigenvalue weighted by molar-refractivity contribution is 7.99. The van der Waals surface area contributed by atoms with Crippen LogP contribution in [0, 0.1) is 5.92 Å². The normalized spacial score (nSPS) is 19.0. The number of ether oxygens (including phenoxy) is 3. The van der Waals surface area contributed by atoms with Gasteiger partial charge in [0.05, 0.1) is 25.9 Å². The molecule has 5 atom stereocenters. The van der Waals surface area contributed by atoms with Crippen LogP contribution in [0.1, 0.15) is 47.1 Å². The number of thioether (sulfide) groups is 1. The zero-order valence-corrected chi connectivity index (χ0v) is 30.1. The van der Waals surface area contributed by atoms with Crippen LogP contribution in [0.15, 0.2) is 138 Å². The van der Waals surface area contributed by atoms with E-state index >= 15 is 0 Å². The summed E-state index contributed by atoms with van der Waals surface area (Å²) in [6.45, 7) is 2.43. The van der Waals surface area contributed by atoms with E-state index in [0.717, 1.165) is 44.7 Å². The highest BCUT2D eigenvalue weighted by Gasteiger charge is 2.38. The molecule has 5 aromatic rings. The lowest BCUT2D eigenvalue weighted by atomic mass is 9.91. The van der Waals surface area contributed by atoms with Crippen molar-refractivity contribution in [2.45, 2.75) is 55.9 Å². The van der Waals surface area contributed by atoms with Crippen LogP contribution in [-0.2, 0) is 38.6 Å². The predicted octanol–water partition coefficient (Wildman–Crippen LogP) is 8.01. The summed E-state index contributed by atoms with van der Waals surface area (Å²) in [6, 6.07) is 42.7. The number of hydrogen-bond donors (Lipinski definition) is 3. The average Bonchev–Trinajstić information content (AvgIpc) is 3.20. The molecule has 1 aliphatic heterocycles. The summed E-state index contributed by atoms with van der Waals surface area (Å²) in [5.41, 5.74) is 6.60. The van der Waals surface area contributed by atoms with Gasteiger partial charge in [0.2, 0.25) is 0 Å². The van der Waals surface area contributed by atoms with Gasteiger partial charge in [-0.2, -0.15) is 0 Å². The van der Waals surface area contributed by atoms with Gasteiger partial charge in [-0.1, -0.05) is 116 Å². The third-order valence-electron chi connectivity index (χ3n) is 9.23. The van der Waals surface area contributed by atoms with Crippen LogP contribution in [-0.4, -0.2) is 42.1 Å². The Hall–Kier alpha value is -4.93. The number of nitrogens with one attached hydrogen (secondary N) is 2. The fourth-order valence-electron chi connectivity index (χ4n) is 6.31. The number of hydrogen-bond acceptors (Lipinski definition) is 7. The number of benzene rings is 5. The molecule has 1 aliphatic rings. The summed E-state index contributed by atoms with van der Waals surface area (Å²) in [6.07, 6.45) is -0.554. The molecule has 3 N–H and O–H groups in total. The quantitative estimate of drug-likeness (QED) is 0.0838. The molecule has 8 nitrogen and oxygen atoms in total. The van der Waals surface area contributed by atoms with Crippen LogP contribution in [0.4, 0.5) is 4.79 Å². The molecule has 0 spiro atoms. The highest BCUT2D eigenvalue weighted by Crippen LogP contribution is 2.43. The Bertz CT molecular complexity index is 1910. The lowest BCUT2D eigenvalue weighted by Crippen LogP contribution is -2.47. The maximum Gasteiger partial charge on any atom is 0.328 e. The van der Waals surface area contributed by atoms with E-state index in [9.17, 15) is 14.7 Å². The third-order valence-corrected chi connectivity index (χ3v) is 10.3. The number of urea groups is 1. The minimum atomic E-state index is -0.815. The monoisotopic (exact) mass is 716 g/mol. The van der Waals surface area contributed by atoms with Crippen LogP contribution in [0.2, 0.25) is 0 Å². The van der Waals surface area contributed by atoms with Crippen molar-refractivity contribution >= 4 is 23.8 Å². The second-order valence-electron chi connectivity index (χ2n) is 12.9. The number of carbonyl (C=O) groups excluding carboxylic acids is 2. The van der Waals surface area contributed by atoms with Crippen LogP contribution >= 0.6 is 11.8 Å². The second-order valence-corrected chi connectivity index (χ2v) is 14.0. The Labute approximate surface area is 309 Å². The predicted molar refractivity (Wildman–Crippen MR) is 203 cm³/mol. The van der Waals surface area contributed by atoms with Crippen molar-refractivity contribution in [2.75, 3.05) is 12.9 Å². The van der Waals surface area contributed by atoms with Crippen molar-refractivity contribution in [3.05, 3.63) is 161 Å². The molecule has 6 rings (SSSR count). The molecule has 2 amide bonds. The maximum atomic E-state index is 12.9. The first kappa shape index (κ1) is 36.8. The molecule has 0 saturated carbocycles. The summed E-state index contributed by atoms with van der Waals surface area (Å²) in [4.78, 5) is 26.5. The lowest BCUT2D eigenvalue weighted by molar-refractivity contribution is -0.268. The molecule has 0 aliphatic carbocycles. The maximum absolute atomic E-state index is 12.9. The Morgan fingerprint density at radius 1 is 0.769 bits per heavy atom. The van der Waals surface area contributed by atoms with E-state index in [-0.39, 0.29) is 31.3 Å². The van der Waals surface area contributed by atoms with E-state index in [4.69, 9.17) is 14.2 Å². The Morgan fingerprint density at radius 2 is 1.44 bits per heavy atom. The van der Waals surface area contributed by atoms with Gasteiger partial charge < -0.3 is 30.0 Å². The molecule has 1 fully saturated rings. The van der Waals surface area contributed by atoms with Gasteiger partial charge in [0, 0.05) is 35.1 Å². The molecule has 5 unspecified atom stereocenters. The van der Waals surface area contributed by atoms with E-state index in [1.165, 1.54) is 12.0 Å². The smallest absolute Gasteiger partial charge is 0.328 e. The van der Waals surface area contributed by atoms with Gasteiger partial charge >= 0.3 is 12.0 Å². The van der Waals surface area contributed by atoms with Crippen LogP contribution < -0.4 is 10.6 Å². The van der Waals surface area contributed by atoms with Gasteiger partial charge in [0.25, 0.3) is 0 Å². The number of rotatable bonds is 13. The van der Waals surface area contributed by atoms with E-state index in [1.54, 1.807) is 11.8 Å². The van der Waals surface area contributed by atoms with Crippen molar-refractivity contribution < 1.29 is 28.9 Å². The van der Waals surface area contributed by atoms with E-state index in [0.29, 0.717) is 6.42 Å². The summed E-state index contributed by atoms with van der Waals surface area (Å²) >= 11 is 1.77. The molecule has 5 aromatic carbocycles. The van der Waals surface area contributed by atoms with Crippen molar-refractivity contribution in [2.24, 2.45) is 5.92 Å². The molecule has 9 heteroatoms. The first-order chi connectivity index (χ1) is 25.4. The fourth-order valence-corrected chi connectivity index (χ4v) is 7.40. The minimum Gasteiger partial charge on any atom is -0.467 e. The summed E-state index contributed by atoms with van der Waals surface area (Å²) < 4.78 is 18.4. The zero-order valence-electron chi connectivity index (χ0n) is 29.3. The minimum absolute atomic E-state index is 0.00863. The van der Waals surface area contributed by atoms with Gasteiger partial charge in [-0.25, -0.2) is 9.59 Å². The fraction of sp³-hybridized carbons (Fsp3) is 0.256. The van der Waals surface area contributed by atoms with Gasteiger partial charge in [-0.3, -0.25) is 0 Å². The average molecular weight is 717 g/mol. The molecular weight excluding hydrogens is 673 g/mol. The van der Waals surface area contributed by atoms with Crippen molar-refractivity contribution in [3.8, 4) is 11.1 Å². The Kier molecular flexibility index (Phi) is 12.8. The van der Waals surface area contributed by atoms with Gasteiger partial charge in [-0.15, -0.1) is 11.8 Å². The molecule has 0 aromatic heterocycles. The van der Waals surface area contributed by atoms with Crippen LogP contribution in [0.25, 0.3) is 11.1 Å². The molecule has 52 heavy (non-hydrogen) atoms. The summed E-state index contributed by atoms with van der Waals surface area (Å²) in [5.74, 6) is 0.345. The van der Waals surface area contributed by atoms with E-state index in [1.807, 2.05) is 115 Å². The Balaban J connectivity index is 1.15. The third kappa shape index (κ3) is 9.68. The van der Waals surface area contributed by atoms with Gasteiger partial charge in [0.15, 0.2) is 6.29 Å². The molecule has 268 valence electrons. The number of aliphatic hydroxyl groups excluding tert-OH is 1. The molecular formula is C43H44N2O6S. The number of amides is 2. The van der Waals surface area contributed by atoms with Gasteiger partial charge in [-0.05, 0) is 57.6 Å². The molecule has 0 radical (unpaired) electrons. The number of esters is 1. The van der Waals surface area contributed by atoms with Crippen molar-refractivity contribution in [3.63, 3.8) is 0 Å². The van der Waals surface area contributed by atoms with Crippen LogP contribution in [0.5, 0.6) is 0 Å². The van der Waals surface area contributed by atoms with Gasteiger partial charge in [0.1, 0.15) is 6.04 Å². The SMILES string of the molecule is COC(=O)C(Cc1ccccc1)NC(=O)NCc1cccc(-c2cccc(C3OC(CSc4ccccc4)C(C)C(c4ccc(CO)cc4)O3)c2)c1. The molecule has 0 bridgehead atoms. The lowest BCUT2D eigenvalue weighted by Gasteiger charge is -2.41. The van der Waals surface area contributed by atoms with E-state index < -0.39 is 24.3 Å². The molecule has 1 saturated heterocycles. The van der Waals surface area contributed by atoms with Crippen molar-refractivity contribution in [1.82, 2.24) is 10.6 Å². The number of methoxy groups -OCH3 is 1. The highest BCUT2D eigenvalue weighted by atomic mass is 32.2. The van der Waals surface area contributed by atoms with E-state index in [2.05, 4.69) is 35.8 Å².